The van der Waals surface area contributed by atoms with Crippen LogP contribution in [0.2, 0.25) is 0 Å². The van der Waals surface area contributed by atoms with Gasteiger partial charge in [-0.1, -0.05) is 24.3 Å². The van der Waals surface area contributed by atoms with Gasteiger partial charge in [0.25, 0.3) is 0 Å². The number of aromatic nitrogens is 3. The molecule has 0 atom stereocenters. The fourth-order valence-electron chi connectivity index (χ4n) is 2.52. The number of hydrogen-bond acceptors (Lipinski definition) is 3. The zero-order valence-corrected chi connectivity index (χ0v) is 12.7. The first-order valence-electron chi connectivity index (χ1n) is 7.46. The number of para-hydroxylation sites is 1. The standard InChI is InChI=1S/C19H10F3N3/c20-13-8-12(9-14(21)18(13)22)16-6-3-7-17(24-16)19-23-10-11-4-1-2-5-15(11)25-19/h1-10H. The molecule has 0 aliphatic heterocycles. The van der Waals surface area contributed by atoms with Crippen LogP contribution in [0.5, 0.6) is 0 Å². The van der Waals surface area contributed by atoms with Crippen LogP contribution < -0.4 is 0 Å². The van der Waals surface area contributed by atoms with Crippen LogP contribution >= 0.6 is 0 Å². The summed E-state index contributed by atoms with van der Waals surface area (Å²) in [4.78, 5) is 13.1. The largest absolute Gasteiger partial charge is 0.244 e. The molecule has 6 heteroatoms. The van der Waals surface area contributed by atoms with Crippen molar-refractivity contribution in [2.45, 2.75) is 0 Å². The maximum atomic E-state index is 13.5. The van der Waals surface area contributed by atoms with E-state index in [-0.39, 0.29) is 5.56 Å². The summed E-state index contributed by atoms with van der Waals surface area (Å²) >= 11 is 0. The first kappa shape index (κ1) is 15.3. The molecule has 2 aromatic heterocycles. The Kier molecular flexibility index (Phi) is 3.65. The normalized spacial score (nSPS) is 11.0. The summed E-state index contributed by atoms with van der Waals surface area (Å²) in [6.45, 7) is 0. The predicted octanol–water partition coefficient (Wildman–Crippen LogP) is 4.78. The van der Waals surface area contributed by atoms with Crippen LogP contribution in [0.4, 0.5) is 13.2 Å². The van der Waals surface area contributed by atoms with Crippen molar-refractivity contribution in [2.75, 3.05) is 0 Å². The van der Waals surface area contributed by atoms with E-state index in [1.807, 2.05) is 24.3 Å². The molecular weight excluding hydrogens is 327 g/mol. The van der Waals surface area contributed by atoms with Gasteiger partial charge in [0.1, 0.15) is 5.69 Å². The summed E-state index contributed by atoms with van der Waals surface area (Å²) in [5, 5.41) is 0.894. The Morgan fingerprint density at radius 3 is 2.24 bits per heavy atom. The minimum Gasteiger partial charge on any atom is -0.244 e. The molecule has 0 saturated carbocycles. The number of pyridine rings is 1. The second kappa shape index (κ2) is 5.98. The topological polar surface area (TPSA) is 38.7 Å². The Balaban J connectivity index is 1.81. The highest BCUT2D eigenvalue weighted by molar-refractivity contribution is 5.79. The molecule has 0 fully saturated rings. The molecule has 0 radical (unpaired) electrons. The molecule has 0 saturated heterocycles. The van der Waals surface area contributed by atoms with Crippen LogP contribution in [0.25, 0.3) is 33.7 Å². The van der Waals surface area contributed by atoms with Crippen molar-refractivity contribution in [3.8, 4) is 22.8 Å². The van der Waals surface area contributed by atoms with E-state index in [1.165, 1.54) is 0 Å². The van der Waals surface area contributed by atoms with Gasteiger partial charge in [-0.2, -0.15) is 0 Å². The van der Waals surface area contributed by atoms with Gasteiger partial charge in [0.05, 0.1) is 11.2 Å². The van der Waals surface area contributed by atoms with Crippen molar-refractivity contribution in [3.63, 3.8) is 0 Å². The van der Waals surface area contributed by atoms with E-state index < -0.39 is 17.5 Å². The van der Waals surface area contributed by atoms with Gasteiger partial charge in [-0.15, -0.1) is 0 Å². The van der Waals surface area contributed by atoms with Gasteiger partial charge in [-0.3, -0.25) is 0 Å². The van der Waals surface area contributed by atoms with Crippen LogP contribution in [0, 0.1) is 17.5 Å². The summed E-state index contributed by atoms with van der Waals surface area (Å²) < 4.78 is 40.0. The lowest BCUT2D eigenvalue weighted by Crippen LogP contribution is -1.96. The molecule has 3 nitrogen and oxygen atoms in total. The molecule has 2 aromatic carbocycles. The van der Waals surface area contributed by atoms with Crippen LogP contribution in [0.3, 0.4) is 0 Å². The minimum absolute atomic E-state index is 0.138. The smallest absolute Gasteiger partial charge is 0.194 e. The summed E-state index contributed by atoms with van der Waals surface area (Å²) in [7, 11) is 0. The zero-order valence-electron chi connectivity index (χ0n) is 12.7. The monoisotopic (exact) mass is 337 g/mol. The van der Waals surface area contributed by atoms with Crippen molar-refractivity contribution < 1.29 is 13.2 Å². The Hall–Kier alpha value is -3.28. The quantitative estimate of drug-likeness (QED) is 0.494. The van der Waals surface area contributed by atoms with E-state index in [4.69, 9.17) is 0 Å². The SMILES string of the molecule is Fc1cc(-c2cccc(-c3ncc4ccccc4n3)n2)cc(F)c1F. The highest BCUT2D eigenvalue weighted by Gasteiger charge is 2.13. The van der Waals surface area contributed by atoms with Gasteiger partial charge >= 0.3 is 0 Å². The van der Waals surface area contributed by atoms with Crippen molar-refractivity contribution >= 4 is 10.9 Å². The number of benzene rings is 2. The second-order valence-corrected chi connectivity index (χ2v) is 5.41. The fraction of sp³-hybridized carbons (Fsp3) is 0. The van der Waals surface area contributed by atoms with Gasteiger partial charge < -0.3 is 0 Å². The van der Waals surface area contributed by atoms with Crippen molar-refractivity contribution in [2.24, 2.45) is 0 Å². The predicted molar refractivity (Wildman–Crippen MR) is 88.1 cm³/mol. The molecule has 0 spiro atoms. The molecule has 4 aromatic rings. The van der Waals surface area contributed by atoms with E-state index in [0.29, 0.717) is 17.2 Å². The second-order valence-electron chi connectivity index (χ2n) is 5.41. The lowest BCUT2D eigenvalue weighted by atomic mass is 10.1. The van der Waals surface area contributed by atoms with E-state index in [9.17, 15) is 13.2 Å². The molecule has 4 rings (SSSR count). The first-order chi connectivity index (χ1) is 12.1. The maximum absolute atomic E-state index is 13.5. The van der Waals surface area contributed by atoms with Crippen molar-refractivity contribution in [1.82, 2.24) is 15.0 Å². The van der Waals surface area contributed by atoms with Crippen molar-refractivity contribution in [3.05, 3.63) is 78.2 Å². The summed E-state index contributed by atoms with van der Waals surface area (Å²) in [5.41, 5.74) is 1.65. The molecule has 25 heavy (non-hydrogen) atoms. The Morgan fingerprint density at radius 2 is 1.44 bits per heavy atom. The van der Waals surface area contributed by atoms with E-state index in [1.54, 1.807) is 24.4 Å². The molecule has 0 aliphatic carbocycles. The van der Waals surface area contributed by atoms with Gasteiger partial charge in [-0.05, 0) is 30.3 Å². The Bertz CT molecular complexity index is 1070. The number of nitrogens with zero attached hydrogens (tertiary/aromatic N) is 3. The average molecular weight is 337 g/mol. The fourth-order valence-corrected chi connectivity index (χ4v) is 2.52. The van der Waals surface area contributed by atoms with Crippen LogP contribution in [0.15, 0.2) is 60.8 Å². The number of halogens is 3. The number of rotatable bonds is 2. The van der Waals surface area contributed by atoms with Crippen LogP contribution in [-0.4, -0.2) is 15.0 Å². The molecular formula is C19H10F3N3. The minimum atomic E-state index is -1.50. The summed E-state index contributed by atoms with van der Waals surface area (Å²) in [6, 6.07) is 14.3. The summed E-state index contributed by atoms with van der Waals surface area (Å²) in [6.07, 6.45) is 1.68. The van der Waals surface area contributed by atoms with Crippen molar-refractivity contribution in [1.29, 1.82) is 0 Å². The molecule has 0 bridgehead atoms. The molecule has 122 valence electrons. The molecule has 0 N–H and O–H groups in total. The third-order valence-corrected chi connectivity index (χ3v) is 3.75. The van der Waals surface area contributed by atoms with E-state index in [2.05, 4.69) is 15.0 Å². The maximum Gasteiger partial charge on any atom is 0.194 e. The van der Waals surface area contributed by atoms with Gasteiger partial charge in [-0.25, -0.2) is 28.1 Å². The number of fused-ring (bicyclic) bond motifs is 1. The van der Waals surface area contributed by atoms with Crippen LogP contribution in [-0.2, 0) is 0 Å². The van der Waals surface area contributed by atoms with Gasteiger partial charge in [0.15, 0.2) is 23.3 Å². The third kappa shape index (κ3) is 2.82. The van der Waals surface area contributed by atoms with E-state index in [0.717, 1.165) is 23.0 Å². The highest BCUT2D eigenvalue weighted by Crippen LogP contribution is 2.24. The highest BCUT2D eigenvalue weighted by atomic mass is 19.2. The molecule has 0 aliphatic rings. The van der Waals surface area contributed by atoms with Gasteiger partial charge in [0.2, 0.25) is 0 Å². The van der Waals surface area contributed by atoms with Crippen LogP contribution in [0.1, 0.15) is 0 Å². The third-order valence-electron chi connectivity index (χ3n) is 3.75. The zero-order chi connectivity index (χ0) is 17.4. The molecule has 0 unspecified atom stereocenters. The molecule has 2 heterocycles. The molecule has 0 amide bonds. The number of hydrogen-bond donors (Lipinski definition) is 0. The summed E-state index contributed by atoms with van der Waals surface area (Å²) in [5.74, 6) is -3.63. The van der Waals surface area contributed by atoms with Gasteiger partial charge in [0, 0.05) is 17.1 Å². The Morgan fingerprint density at radius 1 is 0.720 bits per heavy atom. The first-order valence-corrected chi connectivity index (χ1v) is 7.46. The van der Waals surface area contributed by atoms with E-state index >= 15 is 0 Å². The lowest BCUT2D eigenvalue weighted by molar-refractivity contribution is 0.447. The average Bonchev–Trinajstić information content (AvgIpc) is 2.65. The lowest BCUT2D eigenvalue weighted by Gasteiger charge is -2.06. The Labute approximate surface area is 140 Å².